The molecule has 1 unspecified atom stereocenters. The second kappa shape index (κ2) is 8.66. The third-order valence-electron chi connectivity index (χ3n) is 5.33. The van der Waals surface area contributed by atoms with Crippen molar-refractivity contribution in [2.24, 2.45) is 0 Å². The van der Waals surface area contributed by atoms with Crippen LogP contribution in [0.5, 0.6) is 0 Å². The summed E-state index contributed by atoms with van der Waals surface area (Å²) in [6.07, 6.45) is 0.610. The maximum absolute atomic E-state index is 11.4. The largest absolute Gasteiger partial charge is 0.480 e. The van der Waals surface area contributed by atoms with Gasteiger partial charge in [-0.05, 0) is 13.5 Å². The molecule has 3 heterocycles. The molecule has 0 amide bonds. The van der Waals surface area contributed by atoms with Crippen LogP contribution in [0.15, 0.2) is 0 Å². The number of piperazine rings is 2. The van der Waals surface area contributed by atoms with E-state index in [2.05, 4.69) is 37.0 Å². The number of anilines is 3. The van der Waals surface area contributed by atoms with Gasteiger partial charge in [-0.25, -0.2) is 0 Å². The molecule has 1 atom stereocenters. The highest BCUT2D eigenvalue weighted by Crippen LogP contribution is 2.20. The fraction of sp³-hybridized carbons (Fsp3) is 0.765. The van der Waals surface area contributed by atoms with Gasteiger partial charge in [-0.1, -0.05) is 6.92 Å². The number of nitrogens with zero attached hydrogens (tertiary/aromatic N) is 7. The van der Waals surface area contributed by atoms with E-state index in [1.54, 1.807) is 0 Å². The third kappa shape index (κ3) is 4.56. The number of carboxylic acids is 1. The molecule has 150 valence electrons. The van der Waals surface area contributed by atoms with Crippen molar-refractivity contribution >= 4 is 23.8 Å². The topological polar surface area (TPSA) is 101 Å². The standard InChI is InChI=1S/C17H30N8O2/c1-4-13(14(26)27)23-9-11-25(12-10-23)17-20-15(18-2)19-16(21-17)24-7-5-22(3)6-8-24/h13H,4-12H2,1-3H3,(H,26,27)(H,18,19,20,21). The van der Waals surface area contributed by atoms with Crippen molar-refractivity contribution < 1.29 is 9.90 Å². The van der Waals surface area contributed by atoms with Crippen molar-refractivity contribution in [3.05, 3.63) is 0 Å². The molecule has 10 heteroatoms. The molecular formula is C17H30N8O2. The molecule has 2 aliphatic rings. The zero-order valence-electron chi connectivity index (χ0n) is 16.4. The average Bonchev–Trinajstić information content (AvgIpc) is 2.69. The van der Waals surface area contributed by atoms with Gasteiger partial charge < -0.3 is 25.1 Å². The van der Waals surface area contributed by atoms with Crippen LogP contribution in [-0.4, -0.2) is 108 Å². The van der Waals surface area contributed by atoms with Gasteiger partial charge in [-0.2, -0.15) is 15.0 Å². The molecule has 2 N–H and O–H groups in total. The Morgan fingerprint density at radius 3 is 1.96 bits per heavy atom. The molecule has 1 aromatic heterocycles. The van der Waals surface area contributed by atoms with E-state index in [1.807, 2.05) is 18.9 Å². The lowest BCUT2D eigenvalue weighted by Gasteiger charge is -2.38. The fourth-order valence-electron chi connectivity index (χ4n) is 3.58. The monoisotopic (exact) mass is 378 g/mol. The second-order valence-electron chi connectivity index (χ2n) is 7.08. The molecule has 2 aliphatic heterocycles. The van der Waals surface area contributed by atoms with E-state index in [0.717, 1.165) is 26.2 Å². The molecule has 0 saturated carbocycles. The molecule has 2 saturated heterocycles. The van der Waals surface area contributed by atoms with Gasteiger partial charge in [-0.15, -0.1) is 0 Å². The normalized spacial score (nSPS) is 20.6. The number of likely N-dealkylation sites (N-methyl/N-ethyl adjacent to an activating group) is 1. The Morgan fingerprint density at radius 1 is 1.00 bits per heavy atom. The summed E-state index contributed by atoms with van der Waals surface area (Å²) in [6, 6.07) is -0.417. The first-order valence-electron chi connectivity index (χ1n) is 9.61. The van der Waals surface area contributed by atoms with Gasteiger partial charge in [0, 0.05) is 59.4 Å². The third-order valence-corrected chi connectivity index (χ3v) is 5.33. The number of aliphatic carboxylic acids is 1. The first-order chi connectivity index (χ1) is 13.0. The first-order valence-corrected chi connectivity index (χ1v) is 9.61. The Morgan fingerprint density at radius 2 is 1.52 bits per heavy atom. The zero-order chi connectivity index (χ0) is 19.4. The van der Waals surface area contributed by atoms with E-state index in [0.29, 0.717) is 50.4 Å². The van der Waals surface area contributed by atoms with Crippen molar-refractivity contribution in [1.82, 2.24) is 24.8 Å². The Bertz CT molecular complexity index is 642. The van der Waals surface area contributed by atoms with E-state index in [1.165, 1.54) is 0 Å². The summed E-state index contributed by atoms with van der Waals surface area (Å²) in [6.45, 7) is 8.48. The lowest BCUT2D eigenvalue weighted by molar-refractivity contribution is -0.143. The minimum atomic E-state index is -0.749. The summed E-state index contributed by atoms with van der Waals surface area (Å²) in [4.78, 5) is 33.8. The predicted octanol–water partition coefficient (Wildman–Crippen LogP) is -0.350. The minimum Gasteiger partial charge on any atom is -0.480 e. The molecule has 0 bridgehead atoms. The van der Waals surface area contributed by atoms with E-state index >= 15 is 0 Å². The van der Waals surface area contributed by atoms with Crippen molar-refractivity contribution in [3.63, 3.8) is 0 Å². The first kappa shape index (κ1) is 19.6. The number of aromatic nitrogens is 3. The SMILES string of the molecule is CCC(C(=O)O)N1CCN(c2nc(NC)nc(N3CCN(C)CC3)n2)CC1. The van der Waals surface area contributed by atoms with Gasteiger partial charge in [0.15, 0.2) is 0 Å². The Kier molecular flexibility index (Phi) is 6.27. The molecule has 10 nitrogen and oxygen atoms in total. The highest BCUT2D eigenvalue weighted by Gasteiger charge is 2.29. The number of nitrogens with one attached hydrogen (secondary N) is 1. The maximum atomic E-state index is 11.4. The van der Waals surface area contributed by atoms with E-state index in [9.17, 15) is 9.90 Å². The summed E-state index contributed by atoms with van der Waals surface area (Å²) in [5.41, 5.74) is 0. The average molecular weight is 378 g/mol. The highest BCUT2D eigenvalue weighted by molar-refractivity contribution is 5.73. The van der Waals surface area contributed by atoms with Gasteiger partial charge in [0.05, 0.1) is 0 Å². The van der Waals surface area contributed by atoms with Crippen LogP contribution in [0.4, 0.5) is 17.8 Å². The van der Waals surface area contributed by atoms with Crippen molar-refractivity contribution in [3.8, 4) is 0 Å². The fourth-order valence-corrected chi connectivity index (χ4v) is 3.58. The zero-order valence-corrected chi connectivity index (χ0v) is 16.4. The van der Waals surface area contributed by atoms with Crippen LogP contribution in [0.25, 0.3) is 0 Å². The summed E-state index contributed by atoms with van der Waals surface area (Å²) in [5.74, 6) is 1.18. The number of hydrogen-bond donors (Lipinski definition) is 2. The number of carbonyl (C=O) groups is 1. The van der Waals surface area contributed by atoms with Crippen LogP contribution in [0.2, 0.25) is 0 Å². The van der Waals surface area contributed by atoms with E-state index in [-0.39, 0.29) is 0 Å². The van der Waals surface area contributed by atoms with Crippen LogP contribution in [-0.2, 0) is 4.79 Å². The molecule has 27 heavy (non-hydrogen) atoms. The second-order valence-corrected chi connectivity index (χ2v) is 7.08. The van der Waals surface area contributed by atoms with Gasteiger partial charge in [0.25, 0.3) is 0 Å². The van der Waals surface area contributed by atoms with Gasteiger partial charge in [0.1, 0.15) is 6.04 Å². The van der Waals surface area contributed by atoms with Crippen LogP contribution >= 0.6 is 0 Å². The van der Waals surface area contributed by atoms with Crippen LogP contribution in [0, 0.1) is 0 Å². The predicted molar refractivity (Wildman–Crippen MR) is 105 cm³/mol. The molecular weight excluding hydrogens is 348 g/mol. The van der Waals surface area contributed by atoms with Crippen LogP contribution in [0.1, 0.15) is 13.3 Å². The Balaban J connectivity index is 1.71. The quantitative estimate of drug-likeness (QED) is 0.683. The molecule has 0 radical (unpaired) electrons. The molecule has 2 fully saturated rings. The van der Waals surface area contributed by atoms with Gasteiger partial charge >= 0.3 is 5.97 Å². The summed E-state index contributed by atoms with van der Waals surface area (Å²) >= 11 is 0. The maximum Gasteiger partial charge on any atom is 0.320 e. The molecule has 1 aromatic rings. The summed E-state index contributed by atoms with van der Waals surface area (Å²) in [7, 11) is 3.93. The lowest BCUT2D eigenvalue weighted by Crippen LogP contribution is -2.53. The van der Waals surface area contributed by atoms with Gasteiger partial charge in [-0.3, -0.25) is 9.69 Å². The van der Waals surface area contributed by atoms with E-state index in [4.69, 9.17) is 4.98 Å². The van der Waals surface area contributed by atoms with Crippen molar-refractivity contribution in [1.29, 1.82) is 0 Å². The Labute approximate surface area is 160 Å². The molecule has 0 aliphatic carbocycles. The summed E-state index contributed by atoms with van der Waals surface area (Å²) < 4.78 is 0. The number of rotatable bonds is 6. The van der Waals surface area contributed by atoms with Crippen LogP contribution in [0.3, 0.4) is 0 Å². The van der Waals surface area contributed by atoms with Crippen molar-refractivity contribution in [2.75, 3.05) is 81.6 Å². The number of carboxylic acid groups (broad SMARTS) is 1. The van der Waals surface area contributed by atoms with Gasteiger partial charge in [0.2, 0.25) is 17.8 Å². The molecule has 0 aromatic carbocycles. The minimum absolute atomic E-state index is 0.417. The van der Waals surface area contributed by atoms with Crippen molar-refractivity contribution in [2.45, 2.75) is 19.4 Å². The summed E-state index contributed by atoms with van der Waals surface area (Å²) in [5, 5.41) is 12.4. The van der Waals surface area contributed by atoms with E-state index < -0.39 is 12.0 Å². The number of hydrogen-bond acceptors (Lipinski definition) is 9. The lowest BCUT2D eigenvalue weighted by atomic mass is 10.1. The molecule has 3 rings (SSSR count). The van der Waals surface area contributed by atoms with Crippen LogP contribution < -0.4 is 15.1 Å². The molecule has 0 spiro atoms. The Hall–Kier alpha value is -2.20. The smallest absolute Gasteiger partial charge is 0.320 e. The highest BCUT2D eigenvalue weighted by atomic mass is 16.4.